The molecule has 0 bridgehead atoms. The van der Waals surface area contributed by atoms with E-state index in [-0.39, 0.29) is 18.4 Å². The van der Waals surface area contributed by atoms with Crippen LogP contribution in [-0.2, 0) is 9.59 Å². The first-order valence-corrected chi connectivity index (χ1v) is 15.3. The second kappa shape index (κ2) is 13.7. The molecule has 11 heteroatoms. The van der Waals surface area contributed by atoms with Crippen molar-refractivity contribution in [2.75, 3.05) is 23.9 Å². The monoisotopic (exact) mass is 695 g/mol. The van der Waals surface area contributed by atoms with Gasteiger partial charge < -0.3 is 14.8 Å². The van der Waals surface area contributed by atoms with Crippen LogP contribution in [-0.4, -0.2) is 30.7 Å². The molecule has 4 aromatic carbocycles. The van der Waals surface area contributed by atoms with Crippen molar-refractivity contribution in [3.63, 3.8) is 0 Å². The molecule has 218 valence electrons. The van der Waals surface area contributed by atoms with Crippen molar-refractivity contribution in [3.8, 4) is 11.5 Å². The van der Waals surface area contributed by atoms with Crippen LogP contribution in [0.5, 0.6) is 11.5 Å². The van der Waals surface area contributed by atoms with E-state index in [4.69, 9.17) is 37.7 Å². The maximum Gasteiger partial charge on any atom is 0.271 e. The summed E-state index contributed by atoms with van der Waals surface area (Å²) in [6.07, 6.45) is 1.75. The molecule has 0 aromatic heterocycles. The first kappa shape index (κ1) is 30.7. The van der Waals surface area contributed by atoms with E-state index in [0.29, 0.717) is 58.7 Å². The zero-order valence-corrected chi connectivity index (χ0v) is 26.9. The zero-order chi connectivity index (χ0) is 30.5. The minimum absolute atomic E-state index is 0.224. The highest BCUT2D eigenvalue weighted by Gasteiger charge is 2.35. The van der Waals surface area contributed by atoms with Gasteiger partial charge in [-0.25, -0.2) is 4.99 Å². The minimum atomic E-state index is -0.312. The first-order chi connectivity index (χ1) is 20.7. The molecule has 7 nitrogen and oxygen atoms in total. The van der Waals surface area contributed by atoms with Crippen molar-refractivity contribution < 1.29 is 19.1 Å². The standard InChI is InChI=1S/C32H24BrCl2N3O4S/c1-19-4-3-5-24(14-19)36-29(39)18-42-30-26(33)15-20(16-27(30)41-2)17-28-31(40)38(25-12-8-22(35)9-13-25)32(43-28)37-23-10-6-21(34)7-11-23/h3-17H,18H2,1-2H3,(H,36,39)/b28-17-,37-32?. The molecule has 4 aromatic rings. The fourth-order valence-corrected chi connectivity index (χ4v) is 5.99. The van der Waals surface area contributed by atoms with Gasteiger partial charge in [0.2, 0.25) is 0 Å². The third-order valence-corrected chi connectivity index (χ3v) is 8.20. The van der Waals surface area contributed by atoms with E-state index in [1.807, 2.05) is 31.2 Å². The van der Waals surface area contributed by atoms with Gasteiger partial charge in [-0.15, -0.1) is 0 Å². The van der Waals surface area contributed by atoms with Gasteiger partial charge in [-0.05, 0) is 125 Å². The number of methoxy groups -OCH3 is 1. The summed E-state index contributed by atoms with van der Waals surface area (Å²) in [5.74, 6) is 0.198. The number of thioether (sulfide) groups is 1. The second-order valence-electron chi connectivity index (χ2n) is 9.34. The maximum absolute atomic E-state index is 13.7. The lowest BCUT2D eigenvalue weighted by molar-refractivity contribution is -0.118. The van der Waals surface area contributed by atoms with Crippen molar-refractivity contribution in [1.82, 2.24) is 0 Å². The third-order valence-electron chi connectivity index (χ3n) is 6.14. The van der Waals surface area contributed by atoms with Gasteiger partial charge >= 0.3 is 0 Å². The number of carbonyl (C=O) groups excluding carboxylic acids is 2. The quantitative estimate of drug-likeness (QED) is 0.186. The second-order valence-corrected chi connectivity index (χ2v) is 12.1. The summed E-state index contributed by atoms with van der Waals surface area (Å²) in [6.45, 7) is 1.73. The molecular weight excluding hydrogens is 673 g/mol. The van der Waals surface area contributed by atoms with Gasteiger partial charge in [0.15, 0.2) is 23.3 Å². The summed E-state index contributed by atoms with van der Waals surface area (Å²) in [5, 5.41) is 4.45. The van der Waals surface area contributed by atoms with Crippen LogP contribution >= 0.6 is 50.9 Å². The molecule has 0 spiro atoms. The van der Waals surface area contributed by atoms with Gasteiger partial charge in [-0.1, -0.05) is 35.3 Å². The number of rotatable bonds is 8. The van der Waals surface area contributed by atoms with Crippen LogP contribution in [0.3, 0.4) is 0 Å². The summed E-state index contributed by atoms with van der Waals surface area (Å²) in [5.41, 5.74) is 3.68. The largest absolute Gasteiger partial charge is 0.493 e. The lowest BCUT2D eigenvalue weighted by Crippen LogP contribution is -2.28. The Morgan fingerprint density at radius 3 is 2.40 bits per heavy atom. The van der Waals surface area contributed by atoms with Crippen LogP contribution in [0.25, 0.3) is 6.08 Å². The highest BCUT2D eigenvalue weighted by Crippen LogP contribution is 2.41. The number of aliphatic imine (C=N–C) groups is 1. The summed E-state index contributed by atoms with van der Waals surface area (Å²) in [7, 11) is 1.51. The molecule has 43 heavy (non-hydrogen) atoms. The summed E-state index contributed by atoms with van der Waals surface area (Å²) < 4.78 is 11.9. The molecule has 0 atom stereocenters. The molecular formula is C32H24BrCl2N3O4S. The van der Waals surface area contributed by atoms with Crippen LogP contribution in [0.2, 0.25) is 10.0 Å². The molecule has 5 rings (SSSR count). The van der Waals surface area contributed by atoms with Gasteiger partial charge in [0, 0.05) is 15.7 Å². The van der Waals surface area contributed by atoms with Crippen molar-refractivity contribution in [2.24, 2.45) is 4.99 Å². The average molecular weight is 697 g/mol. The number of anilines is 2. The number of nitrogens with zero attached hydrogens (tertiary/aromatic N) is 2. The number of aryl methyl sites for hydroxylation is 1. The molecule has 2 amide bonds. The number of benzene rings is 4. The number of halogens is 3. The van der Waals surface area contributed by atoms with E-state index in [9.17, 15) is 9.59 Å². The summed E-state index contributed by atoms with van der Waals surface area (Å²) in [4.78, 5) is 32.9. The van der Waals surface area contributed by atoms with Gasteiger partial charge in [0.25, 0.3) is 11.8 Å². The Bertz CT molecular complexity index is 1740. The molecule has 0 aliphatic carbocycles. The fourth-order valence-electron chi connectivity index (χ4n) is 4.16. The smallest absolute Gasteiger partial charge is 0.271 e. The van der Waals surface area contributed by atoms with E-state index >= 15 is 0 Å². The van der Waals surface area contributed by atoms with Crippen LogP contribution < -0.4 is 19.7 Å². The van der Waals surface area contributed by atoms with Gasteiger partial charge in [0.1, 0.15) is 0 Å². The number of amides is 2. The fraction of sp³-hybridized carbons (Fsp3) is 0.0938. The van der Waals surface area contributed by atoms with E-state index in [0.717, 1.165) is 5.56 Å². The molecule has 1 aliphatic rings. The lowest BCUT2D eigenvalue weighted by Gasteiger charge is -2.15. The number of carbonyl (C=O) groups is 2. The SMILES string of the molecule is COc1cc(/C=C2\SC(=Nc3ccc(Cl)cc3)N(c3ccc(Cl)cc3)C2=O)cc(Br)c1OCC(=O)Nc1cccc(C)c1. The Labute approximate surface area is 271 Å². The Hall–Kier alpha value is -3.76. The highest BCUT2D eigenvalue weighted by atomic mass is 79.9. The Morgan fingerprint density at radius 1 is 1.02 bits per heavy atom. The lowest BCUT2D eigenvalue weighted by atomic mass is 10.1. The Balaban J connectivity index is 1.40. The molecule has 0 unspecified atom stereocenters. The topological polar surface area (TPSA) is 80.2 Å². The minimum Gasteiger partial charge on any atom is -0.493 e. The molecule has 1 saturated heterocycles. The molecule has 1 heterocycles. The number of hydrogen-bond acceptors (Lipinski definition) is 6. The van der Waals surface area contributed by atoms with E-state index < -0.39 is 0 Å². The van der Waals surface area contributed by atoms with Crippen LogP contribution in [0.1, 0.15) is 11.1 Å². The molecule has 0 saturated carbocycles. The van der Waals surface area contributed by atoms with Gasteiger partial charge in [0.05, 0.1) is 27.9 Å². The van der Waals surface area contributed by atoms with Crippen molar-refractivity contribution in [2.45, 2.75) is 6.92 Å². The first-order valence-electron chi connectivity index (χ1n) is 12.9. The van der Waals surface area contributed by atoms with E-state index in [2.05, 4.69) is 21.2 Å². The predicted octanol–water partition coefficient (Wildman–Crippen LogP) is 8.90. The molecule has 1 N–H and O–H groups in total. The summed E-state index contributed by atoms with van der Waals surface area (Å²) >= 11 is 16.9. The van der Waals surface area contributed by atoms with Crippen molar-refractivity contribution in [3.05, 3.63) is 115 Å². The van der Waals surface area contributed by atoms with Crippen LogP contribution in [0, 0.1) is 6.92 Å². The predicted molar refractivity (Wildman–Crippen MR) is 179 cm³/mol. The van der Waals surface area contributed by atoms with Crippen molar-refractivity contribution in [1.29, 1.82) is 0 Å². The van der Waals surface area contributed by atoms with Crippen LogP contribution in [0.15, 0.2) is 99.3 Å². The number of ether oxygens (including phenoxy) is 2. The zero-order valence-electron chi connectivity index (χ0n) is 22.9. The highest BCUT2D eigenvalue weighted by molar-refractivity contribution is 9.10. The Morgan fingerprint density at radius 2 is 1.72 bits per heavy atom. The Kier molecular flexibility index (Phi) is 9.77. The number of amidine groups is 1. The normalized spacial score (nSPS) is 14.8. The summed E-state index contributed by atoms with van der Waals surface area (Å²) in [6, 6.07) is 25.0. The van der Waals surface area contributed by atoms with Gasteiger partial charge in [-0.2, -0.15) is 0 Å². The molecule has 1 fully saturated rings. The number of hydrogen-bond donors (Lipinski definition) is 1. The average Bonchev–Trinajstić information content (AvgIpc) is 3.27. The van der Waals surface area contributed by atoms with Crippen molar-refractivity contribution >= 4 is 91.0 Å². The maximum atomic E-state index is 13.7. The van der Waals surface area contributed by atoms with Gasteiger partial charge in [-0.3, -0.25) is 14.5 Å². The van der Waals surface area contributed by atoms with E-state index in [1.54, 1.807) is 66.7 Å². The third kappa shape index (κ3) is 7.61. The van der Waals surface area contributed by atoms with E-state index in [1.165, 1.54) is 23.8 Å². The molecule has 0 radical (unpaired) electrons. The number of nitrogens with one attached hydrogen (secondary N) is 1. The molecule has 1 aliphatic heterocycles. The van der Waals surface area contributed by atoms with Crippen LogP contribution in [0.4, 0.5) is 17.1 Å².